The molecule has 1 atom stereocenters. The lowest BCUT2D eigenvalue weighted by Crippen LogP contribution is -2.44. The van der Waals surface area contributed by atoms with Gasteiger partial charge in [0.25, 0.3) is 0 Å². The molecule has 1 aliphatic rings. The van der Waals surface area contributed by atoms with Crippen LogP contribution in [0.2, 0.25) is 0 Å². The molecule has 1 aromatic rings. The maximum absolute atomic E-state index is 13.5. The summed E-state index contributed by atoms with van der Waals surface area (Å²) in [4.78, 5) is 18.3. The molecule has 6 nitrogen and oxygen atoms in total. The molecule has 0 aliphatic carbocycles. The van der Waals surface area contributed by atoms with Crippen LogP contribution in [-0.2, 0) is 4.79 Å². The van der Waals surface area contributed by atoms with Crippen molar-refractivity contribution in [2.24, 2.45) is 10.9 Å². The van der Waals surface area contributed by atoms with Crippen LogP contribution in [0.15, 0.2) is 23.2 Å². The number of hydrogen-bond donors (Lipinski definition) is 3. The van der Waals surface area contributed by atoms with Gasteiger partial charge in [-0.1, -0.05) is 0 Å². The van der Waals surface area contributed by atoms with E-state index in [1.807, 2.05) is 27.7 Å². The van der Waals surface area contributed by atoms with Crippen molar-refractivity contribution in [3.05, 3.63) is 29.8 Å². The Hall–Kier alpha value is -1.65. The van der Waals surface area contributed by atoms with Gasteiger partial charge in [-0.05, 0) is 52.2 Å². The molecular formula is C20H32F2IN5O. The van der Waals surface area contributed by atoms with E-state index in [2.05, 4.69) is 25.8 Å². The molecule has 1 unspecified atom stereocenters. The molecule has 0 aromatic heterocycles. The van der Waals surface area contributed by atoms with Crippen molar-refractivity contribution >= 4 is 41.5 Å². The van der Waals surface area contributed by atoms with E-state index in [0.717, 1.165) is 25.6 Å². The Bertz CT molecular complexity index is 709. The van der Waals surface area contributed by atoms with E-state index in [1.165, 1.54) is 6.07 Å². The summed E-state index contributed by atoms with van der Waals surface area (Å²) >= 11 is 0. The quantitative estimate of drug-likeness (QED) is 0.305. The van der Waals surface area contributed by atoms with Crippen molar-refractivity contribution in [2.75, 3.05) is 37.6 Å². The molecule has 2 rings (SSSR count). The first kappa shape index (κ1) is 25.4. The minimum atomic E-state index is -0.830. The number of carbonyl (C=O) groups excluding carboxylic acids is 1. The summed E-state index contributed by atoms with van der Waals surface area (Å²) in [6.07, 6.45) is 0.940. The van der Waals surface area contributed by atoms with Crippen LogP contribution in [0.5, 0.6) is 0 Å². The lowest BCUT2D eigenvalue weighted by molar-refractivity contribution is -0.121. The third-order valence-corrected chi connectivity index (χ3v) is 4.35. The molecule has 3 N–H and O–H groups in total. The Morgan fingerprint density at radius 1 is 1.24 bits per heavy atom. The first-order valence-electron chi connectivity index (χ1n) is 9.71. The van der Waals surface area contributed by atoms with Gasteiger partial charge in [0.05, 0.1) is 0 Å². The molecule has 1 aromatic carbocycles. The van der Waals surface area contributed by atoms with Crippen LogP contribution in [0.3, 0.4) is 0 Å². The highest BCUT2D eigenvalue weighted by Gasteiger charge is 2.23. The zero-order valence-corrected chi connectivity index (χ0v) is 19.8. The fraction of sp³-hybridized carbons (Fsp3) is 0.600. The monoisotopic (exact) mass is 523 g/mol. The van der Waals surface area contributed by atoms with Gasteiger partial charge in [0.15, 0.2) is 17.6 Å². The number of nitrogens with one attached hydrogen (secondary N) is 3. The summed E-state index contributed by atoms with van der Waals surface area (Å²) in [6, 6.07) is 4.01. The smallest absolute Gasteiger partial charge is 0.242 e. The van der Waals surface area contributed by atoms with Crippen LogP contribution in [0.25, 0.3) is 0 Å². The Kier molecular flexibility index (Phi) is 10.1. The van der Waals surface area contributed by atoms with Gasteiger partial charge in [-0.25, -0.2) is 13.8 Å². The number of amides is 1. The first-order chi connectivity index (χ1) is 13.2. The van der Waals surface area contributed by atoms with Gasteiger partial charge in [-0.3, -0.25) is 4.79 Å². The maximum atomic E-state index is 13.5. The number of halogens is 3. The van der Waals surface area contributed by atoms with Crippen molar-refractivity contribution in [2.45, 2.75) is 39.7 Å². The molecule has 0 bridgehead atoms. The zero-order valence-electron chi connectivity index (χ0n) is 17.5. The van der Waals surface area contributed by atoms with Crippen molar-refractivity contribution < 1.29 is 13.6 Å². The molecule has 9 heteroatoms. The van der Waals surface area contributed by atoms with Gasteiger partial charge in [-0.15, -0.1) is 24.0 Å². The second kappa shape index (κ2) is 11.5. The molecule has 0 radical (unpaired) electrons. The number of carbonyl (C=O) groups is 1. The molecule has 164 valence electrons. The molecule has 1 amide bonds. The molecule has 1 fully saturated rings. The van der Waals surface area contributed by atoms with E-state index in [0.29, 0.717) is 30.7 Å². The van der Waals surface area contributed by atoms with Crippen LogP contribution in [0.4, 0.5) is 14.5 Å². The van der Waals surface area contributed by atoms with E-state index < -0.39 is 11.6 Å². The molecule has 1 aliphatic heterocycles. The molecule has 1 saturated heterocycles. The number of guanidine groups is 1. The summed E-state index contributed by atoms with van der Waals surface area (Å²) in [5, 5.41) is 9.29. The predicted octanol–water partition coefficient (Wildman–Crippen LogP) is 2.88. The number of anilines is 1. The van der Waals surface area contributed by atoms with Crippen molar-refractivity contribution in [3.63, 3.8) is 0 Å². The molecular weight excluding hydrogens is 491 g/mol. The number of nitrogens with zero attached hydrogens (tertiary/aromatic N) is 2. The van der Waals surface area contributed by atoms with Gasteiger partial charge >= 0.3 is 0 Å². The van der Waals surface area contributed by atoms with Crippen LogP contribution >= 0.6 is 24.0 Å². The van der Waals surface area contributed by atoms with Crippen molar-refractivity contribution in [3.8, 4) is 0 Å². The molecule has 29 heavy (non-hydrogen) atoms. The second-order valence-electron chi connectivity index (χ2n) is 8.07. The van der Waals surface area contributed by atoms with E-state index in [-0.39, 0.29) is 42.0 Å². The Balaban J connectivity index is 0.00000420. The second-order valence-corrected chi connectivity index (χ2v) is 8.07. The zero-order chi connectivity index (χ0) is 20.7. The SMILES string of the molecule is CCNC(=NCC(=O)NC(C)(C)C)NCC1CCN(c2ccc(F)c(F)c2)C1.I. The predicted molar refractivity (Wildman–Crippen MR) is 124 cm³/mol. The topological polar surface area (TPSA) is 68.8 Å². The standard InChI is InChI=1S/C20H31F2N5O.HI/c1-5-23-19(25-12-18(28)26-20(2,3)4)24-11-14-8-9-27(13-14)15-6-7-16(21)17(22)10-15;/h6-7,10,14H,5,8-9,11-13H2,1-4H3,(H,26,28)(H2,23,24,25);1H. The summed E-state index contributed by atoms with van der Waals surface area (Å²) in [6.45, 7) is 10.7. The third kappa shape index (κ3) is 8.71. The third-order valence-electron chi connectivity index (χ3n) is 4.35. The van der Waals surface area contributed by atoms with Gasteiger partial charge in [0, 0.05) is 43.5 Å². The highest BCUT2D eigenvalue weighted by molar-refractivity contribution is 14.0. The summed E-state index contributed by atoms with van der Waals surface area (Å²) < 4.78 is 26.6. The number of benzene rings is 1. The largest absolute Gasteiger partial charge is 0.371 e. The lowest BCUT2D eigenvalue weighted by Gasteiger charge is -2.20. The van der Waals surface area contributed by atoms with Gasteiger partial charge < -0.3 is 20.9 Å². The minimum absolute atomic E-state index is 0. The Labute approximate surface area is 188 Å². The van der Waals surface area contributed by atoms with E-state index >= 15 is 0 Å². The van der Waals surface area contributed by atoms with Crippen LogP contribution in [-0.4, -0.2) is 50.1 Å². The van der Waals surface area contributed by atoms with Gasteiger partial charge in [0.1, 0.15) is 6.54 Å². The maximum Gasteiger partial charge on any atom is 0.242 e. The van der Waals surface area contributed by atoms with E-state index in [4.69, 9.17) is 0 Å². The normalized spacial score (nSPS) is 17.0. The van der Waals surface area contributed by atoms with Crippen LogP contribution < -0.4 is 20.9 Å². The van der Waals surface area contributed by atoms with Crippen LogP contribution in [0.1, 0.15) is 34.1 Å². The summed E-state index contributed by atoms with van der Waals surface area (Å²) in [5.41, 5.74) is 0.409. The fourth-order valence-electron chi connectivity index (χ4n) is 3.11. The summed E-state index contributed by atoms with van der Waals surface area (Å²) in [7, 11) is 0. The van der Waals surface area contributed by atoms with Crippen molar-refractivity contribution in [1.82, 2.24) is 16.0 Å². The fourth-order valence-corrected chi connectivity index (χ4v) is 3.11. The Morgan fingerprint density at radius 3 is 2.59 bits per heavy atom. The first-order valence-corrected chi connectivity index (χ1v) is 9.71. The number of aliphatic imine (C=N–C) groups is 1. The van der Waals surface area contributed by atoms with Gasteiger partial charge in [0.2, 0.25) is 5.91 Å². The van der Waals surface area contributed by atoms with Crippen molar-refractivity contribution in [1.29, 1.82) is 0 Å². The Morgan fingerprint density at radius 2 is 1.97 bits per heavy atom. The minimum Gasteiger partial charge on any atom is -0.371 e. The molecule has 0 spiro atoms. The van der Waals surface area contributed by atoms with Crippen LogP contribution in [0, 0.1) is 17.6 Å². The summed E-state index contributed by atoms with van der Waals surface area (Å²) in [5.74, 6) is -0.842. The molecule has 0 saturated carbocycles. The number of hydrogen-bond acceptors (Lipinski definition) is 3. The average Bonchev–Trinajstić information content (AvgIpc) is 3.07. The highest BCUT2D eigenvalue weighted by Crippen LogP contribution is 2.24. The van der Waals surface area contributed by atoms with E-state index in [9.17, 15) is 13.6 Å². The molecule has 1 heterocycles. The van der Waals surface area contributed by atoms with Gasteiger partial charge in [-0.2, -0.15) is 0 Å². The average molecular weight is 523 g/mol. The lowest BCUT2D eigenvalue weighted by atomic mass is 10.1. The highest BCUT2D eigenvalue weighted by atomic mass is 127. The number of rotatable bonds is 6. The van der Waals surface area contributed by atoms with E-state index in [1.54, 1.807) is 6.07 Å².